The average molecular weight is 720 g/mol. The number of hydroxylamine groups is 2. The molecule has 0 spiro atoms. The number of hydrogen-bond acceptors (Lipinski definition) is 6. The highest BCUT2D eigenvalue weighted by molar-refractivity contribution is 5.82. The average Bonchev–Trinajstić information content (AvgIpc) is 3.19. The van der Waals surface area contributed by atoms with Crippen LogP contribution in [0.4, 0.5) is 4.79 Å². The largest absolute Gasteiger partial charge is 0.528 e. The second-order valence-electron chi connectivity index (χ2n) is 15.0. The van der Waals surface area contributed by atoms with Crippen LogP contribution in [0.15, 0.2) is 158 Å². The normalized spacial score (nSPS) is 16.6. The summed E-state index contributed by atoms with van der Waals surface area (Å²) in [7, 11) is 0. The minimum Gasteiger partial charge on any atom is -0.427 e. The minimum absolute atomic E-state index is 0.121. The smallest absolute Gasteiger partial charge is 0.427 e. The molecular weight excluding hydrogens is 671 g/mol. The summed E-state index contributed by atoms with van der Waals surface area (Å²) in [5.41, 5.74) is 5.38. The van der Waals surface area contributed by atoms with Crippen molar-refractivity contribution in [3.8, 4) is 0 Å². The number of hydrogen-bond donors (Lipinski definition) is 0. The van der Waals surface area contributed by atoms with Crippen LogP contribution >= 0.6 is 0 Å². The summed E-state index contributed by atoms with van der Waals surface area (Å²) in [5.74, 6) is 0.121. The molecule has 1 aliphatic rings. The van der Waals surface area contributed by atoms with Crippen LogP contribution in [-0.2, 0) is 37.7 Å². The van der Waals surface area contributed by atoms with Gasteiger partial charge in [-0.3, -0.25) is 0 Å². The number of benzene rings is 6. The van der Waals surface area contributed by atoms with Gasteiger partial charge in [0.15, 0.2) is 0 Å². The van der Waals surface area contributed by atoms with E-state index in [1.165, 1.54) is 21.9 Å². The van der Waals surface area contributed by atoms with Gasteiger partial charge in [-0.05, 0) is 83.8 Å². The Balaban J connectivity index is 1.07. The van der Waals surface area contributed by atoms with Gasteiger partial charge in [0.2, 0.25) is 0 Å². The number of nitrogens with zero attached hydrogens (tertiary/aromatic N) is 1. The van der Waals surface area contributed by atoms with E-state index in [0.717, 1.165) is 35.1 Å². The van der Waals surface area contributed by atoms with Crippen molar-refractivity contribution < 1.29 is 23.8 Å². The van der Waals surface area contributed by atoms with E-state index in [1.54, 1.807) is 5.06 Å². The van der Waals surface area contributed by atoms with Gasteiger partial charge in [-0.15, -0.1) is 5.06 Å². The van der Waals surface area contributed by atoms with Gasteiger partial charge < -0.3 is 19.0 Å². The minimum atomic E-state index is -0.755. The fourth-order valence-electron chi connectivity index (χ4n) is 7.45. The van der Waals surface area contributed by atoms with Crippen molar-refractivity contribution in [3.63, 3.8) is 0 Å². The summed E-state index contributed by atoms with van der Waals surface area (Å²) in [6.07, 6.45) is 0.613. The van der Waals surface area contributed by atoms with Gasteiger partial charge in [-0.25, -0.2) is 4.79 Å². The molecule has 6 heteroatoms. The topological polar surface area (TPSA) is 57.2 Å². The van der Waals surface area contributed by atoms with Crippen molar-refractivity contribution in [1.82, 2.24) is 5.06 Å². The fraction of sp³-hybridized carbons (Fsp3) is 0.271. The molecule has 1 heterocycles. The molecule has 0 aromatic heterocycles. The summed E-state index contributed by atoms with van der Waals surface area (Å²) in [6.45, 7) is 7.49. The monoisotopic (exact) mass is 719 g/mol. The van der Waals surface area contributed by atoms with Crippen LogP contribution in [0.25, 0.3) is 10.8 Å². The third kappa shape index (κ3) is 8.91. The van der Waals surface area contributed by atoms with Crippen molar-refractivity contribution in [2.45, 2.75) is 63.4 Å². The van der Waals surface area contributed by atoms with Gasteiger partial charge in [-0.1, -0.05) is 152 Å². The maximum absolute atomic E-state index is 12.6. The summed E-state index contributed by atoms with van der Waals surface area (Å²) >= 11 is 0. The first-order chi connectivity index (χ1) is 26.3. The first-order valence-corrected chi connectivity index (χ1v) is 18.9. The third-order valence-electron chi connectivity index (χ3n) is 10.1. The second kappa shape index (κ2) is 16.8. The summed E-state index contributed by atoms with van der Waals surface area (Å²) in [6, 6.07) is 55.1. The molecule has 0 bridgehead atoms. The van der Waals surface area contributed by atoms with E-state index >= 15 is 0 Å². The zero-order valence-electron chi connectivity index (χ0n) is 31.4. The molecule has 6 aromatic carbocycles. The van der Waals surface area contributed by atoms with Gasteiger partial charge in [-0.2, -0.15) is 0 Å². The van der Waals surface area contributed by atoms with Crippen LogP contribution in [0.2, 0.25) is 0 Å². The van der Waals surface area contributed by atoms with Crippen LogP contribution in [0.5, 0.6) is 0 Å². The van der Waals surface area contributed by atoms with Gasteiger partial charge in [0.25, 0.3) is 0 Å². The van der Waals surface area contributed by atoms with Crippen molar-refractivity contribution >= 4 is 16.9 Å². The highest BCUT2D eigenvalue weighted by Crippen LogP contribution is 2.40. The van der Waals surface area contributed by atoms with E-state index in [0.29, 0.717) is 26.3 Å². The zero-order chi connectivity index (χ0) is 37.4. The Morgan fingerprint density at radius 2 is 1.22 bits per heavy atom. The van der Waals surface area contributed by atoms with E-state index in [1.807, 2.05) is 39.0 Å². The van der Waals surface area contributed by atoms with E-state index in [2.05, 4.69) is 140 Å². The first-order valence-electron chi connectivity index (χ1n) is 18.9. The molecule has 276 valence electrons. The van der Waals surface area contributed by atoms with Gasteiger partial charge in [0.1, 0.15) is 11.2 Å². The van der Waals surface area contributed by atoms with E-state index < -0.39 is 17.4 Å². The lowest BCUT2D eigenvalue weighted by Crippen LogP contribution is -2.45. The van der Waals surface area contributed by atoms with E-state index in [-0.39, 0.29) is 12.0 Å². The molecule has 0 aliphatic carbocycles. The highest BCUT2D eigenvalue weighted by Gasteiger charge is 2.38. The summed E-state index contributed by atoms with van der Waals surface area (Å²) in [5, 5.41) is 4.06. The first kappa shape index (κ1) is 37.1. The molecule has 54 heavy (non-hydrogen) atoms. The molecular formula is C48H49NO5. The lowest BCUT2D eigenvalue weighted by molar-refractivity contribution is -0.179. The van der Waals surface area contributed by atoms with Crippen LogP contribution in [0.1, 0.15) is 66.5 Å². The maximum Gasteiger partial charge on any atom is 0.528 e. The zero-order valence-corrected chi connectivity index (χ0v) is 31.4. The van der Waals surface area contributed by atoms with E-state index in [9.17, 15) is 4.79 Å². The lowest BCUT2D eigenvalue weighted by atomic mass is 9.80. The van der Waals surface area contributed by atoms with Crippen molar-refractivity contribution in [1.29, 1.82) is 0 Å². The molecule has 6 aromatic rings. The Labute approximate surface area is 319 Å². The summed E-state index contributed by atoms with van der Waals surface area (Å²) in [4.78, 5) is 18.2. The Morgan fingerprint density at radius 3 is 1.81 bits per heavy atom. The number of piperidine rings is 1. The van der Waals surface area contributed by atoms with Crippen molar-refractivity contribution in [2.75, 3.05) is 19.7 Å². The van der Waals surface area contributed by atoms with Gasteiger partial charge in [0, 0.05) is 12.5 Å². The highest BCUT2D eigenvalue weighted by atomic mass is 16.8. The van der Waals surface area contributed by atoms with Gasteiger partial charge >= 0.3 is 6.16 Å². The van der Waals surface area contributed by atoms with Crippen molar-refractivity contribution in [3.05, 3.63) is 191 Å². The molecule has 1 aliphatic heterocycles. The molecule has 1 saturated heterocycles. The van der Waals surface area contributed by atoms with Crippen LogP contribution < -0.4 is 0 Å². The Kier molecular flexibility index (Phi) is 11.5. The fourth-order valence-corrected chi connectivity index (χ4v) is 7.45. The Hall–Kier alpha value is -5.27. The van der Waals surface area contributed by atoms with Crippen LogP contribution in [0, 0.1) is 0 Å². The van der Waals surface area contributed by atoms with Crippen LogP contribution in [-0.4, -0.2) is 42.6 Å². The molecule has 7 rings (SSSR count). The lowest BCUT2D eigenvalue weighted by Gasteiger charge is -2.37. The van der Waals surface area contributed by atoms with E-state index in [4.69, 9.17) is 19.0 Å². The predicted octanol–water partition coefficient (Wildman–Crippen LogP) is 10.6. The number of fused-ring (bicyclic) bond motifs is 1. The molecule has 0 amide bonds. The molecule has 2 atom stereocenters. The number of carbonyl (C=O) groups excluding carboxylic acids is 1. The summed E-state index contributed by atoms with van der Waals surface area (Å²) < 4.78 is 19.2. The number of ether oxygens (including phenoxy) is 3. The number of rotatable bonds is 12. The van der Waals surface area contributed by atoms with Gasteiger partial charge in [0.05, 0.1) is 25.9 Å². The second-order valence-corrected chi connectivity index (χ2v) is 15.0. The van der Waals surface area contributed by atoms with Crippen molar-refractivity contribution in [2.24, 2.45) is 0 Å². The molecule has 6 nitrogen and oxygen atoms in total. The molecule has 1 fully saturated rings. The predicted molar refractivity (Wildman–Crippen MR) is 214 cm³/mol. The quantitative estimate of drug-likeness (QED) is 0.0927. The molecule has 0 N–H and O–H groups in total. The standard InChI is InChI=1S/C48H49NO5/c1-47(2,3)53-46(50)54-49-31-29-44(45(34-49)51-35-37-25-26-38-15-13-14-16-40(38)33-37)39-27-23-36(24-28-39)30-32-52-48(41-17-7-4-8-18-41,42-19-9-5-10-20-42)43-21-11-6-12-22-43/h4-28,33,44-45H,29-32,34-35H2,1-3H3. The SMILES string of the molecule is CC(C)(C)OC(=O)ON1CCC(c2ccc(CCOC(c3ccccc3)(c3ccccc3)c3ccccc3)cc2)C(OCc2ccc3ccccc3c2)C1. The maximum atomic E-state index is 12.6. The Bertz CT molecular complexity index is 2000. The molecule has 2 unspecified atom stereocenters. The molecule has 0 radical (unpaired) electrons. The van der Waals surface area contributed by atoms with Crippen LogP contribution in [0.3, 0.4) is 0 Å². The Morgan fingerprint density at radius 1 is 0.667 bits per heavy atom. The third-order valence-corrected chi connectivity index (χ3v) is 10.1. The number of carbonyl (C=O) groups is 1. The molecule has 0 saturated carbocycles.